The highest BCUT2D eigenvalue weighted by molar-refractivity contribution is 5.99. The molecule has 6 nitrogen and oxygen atoms in total. The number of carboxylic acids is 1. The lowest BCUT2D eigenvalue weighted by molar-refractivity contribution is -0.139. The van der Waals surface area contributed by atoms with E-state index in [-0.39, 0.29) is 11.8 Å². The Morgan fingerprint density at radius 3 is 2.53 bits per heavy atom. The molecule has 6 heteroatoms. The molecule has 1 amide bonds. The third kappa shape index (κ3) is 5.32. The maximum absolute atomic E-state index is 12.9. The van der Waals surface area contributed by atoms with Gasteiger partial charge in [-0.15, -0.1) is 0 Å². The van der Waals surface area contributed by atoms with Crippen LogP contribution in [0.5, 0.6) is 0 Å². The van der Waals surface area contributed by atoms with Crippen molar-refractivity contribution in [1.29, 1.82) is 0 Å². The molecule has 1 fully saturated rings. The fourth-order valence-corrected chi connectivity index (χ4v) is 5.18. The molecular formula is C28H35N3O3. The van der Waals surface area contributed by atoms with Crippen LogP contribution in [0.3, 0.4) is 0 Å². The van der Waals surface area contributed by atoms with E-state index in [1.54, 1.807) is 12.1 Å². The number of fused-ring (bicyclic) bond motifs is 1. The Morgan fingerprint density at radius 2 is 1.85 bits per heavy atom. The van der Waals surface area contributed by atoms with Gasteiger partial charge >= 0.3 is 5.97 Å². The second kappa shape index (κ2) is 10.4. The first-order valence-corrected chi connectivity index (χ1v) is 12.4. The first-order valence-electron chi connectivity index (χ1n) is 12.4. The van der Waals surface area contributed by atoms with Gasteiger partial charge in [-0.3, -0.25) is 4.79 Å². The average molecular weight is 462 g/mol. The van der Waals surface area contributed by atoms with Crippen molar-refractivity contribution in [2.45, 2.75) is 71.4 Å². The van der Waals surface area contributed by atoms with Crippen LogP contribution in [0.4, 0.5) is 0 Å². The highest BCUT2D eigenvalue weighted by atomic mass is 16.4. The molecule has 180 valence electrons. The zero-order valence-electron chi connectivity index (χ0n) is 20.3. The SMILES string of the molecule is CC(C)CC(NC(=O)c1ccc2c(c1)nc(Cc1ccccc1)n2C1CCCCC1C)C(=O)O. The number of amides is 1. The first kappa shape index (κ1) is 24.0. The van der Waals surface area contributed by atoms with E-state index in [4.69, 9.17) is 4.98 Å². The normalized spacial score (nSPS) is 19.3. The molecule has 0 radical (unpaired) electrons. The average Bonchev–Trinajstić information content (AvgIpc) is 3.16. The minimum absolute atomic E-state index is 0.164. The van der Waals surface area contributed by atoms with Gasteiger partial charge in [0.15, 0.2) is 0 Å². The van der Waals surface area contributed by atoms with Crippen molar-refractivity contribution in [3.8, 4) is 0 Å². The molecule has 1 heterocycles. The van der Waals surface area contributed by atoms with Crippen molar-refractivity contribution in [1.82, 2.24) is 14.9 Å². The summed E-state index contributed by atoms with van der Waals surface area (Å²) in [7, 11) is 0. The summed E-state index contributed by atoms with van der Waals surface area (Å²) in [6, 6.07) is 15.4. The molecule has 3 aromatic rings. The summed E-state index contributed by atoms with van der Waals surface area (Å²) in [5.41, 5.74) is 3.47. The lowest BCUT2D eigenvalue weighted by Gasteiger charge is -2.31. The topological polar surface area (TPSA) is 84.2 Å². The summed E-state index contributed by atoms with van der Waals surface area (Å²) in [4.78, 5) is 29.5. The number of hydrogen-bond donors (Lipinski definition) is 2. The number of nitrogens with zero attached hydrogens (tertiary/aromatic N) is 2. The molecule has 4 rings (SSSR count). The number of imidazole rings is 1. The predicted molar refractivity (Wildman–Crippen MR) is 134 cm³/mol. The number of rotatable bonds is 8. The minimum Gasteiger partial charge on any atom is -0.480 e. The van der Waals surface area contributed by atoms with Crippen molar-refractivity contribution in [3.05, 3.63) is 65.5 Å². The van der Waals surface area contributed by atoms with Gasteiger partial charge in [0, 0.05) is 18.0 Å². The number of carbonyl (C=O) groups is 2. The molecule has 1 aliphatic rings. The van der Waals surface area contributed by atoms with E-state index in [0.29, 0.717) is 23.9 Å². The van der Waals surface area contributed by atoms with E-state index in [1.807, 2.05) is 38.1 Å². The fourth-order valence-electron chi connectivity index (χ4n) is 5.18. The van der Waals surface area contributed by atoms with Gasteiger partial charge in [0.05, 0.1) is 11.0 Å². The molecule has 0 bridgehead atoms. The maximum atomic E-state index is 12.9. The van der Waals surface area contributed by atoms with Crippen LogP contribution in [0.25, 0.3) is 11.0 Å². The molecule has 3 unspecified atom stereocenters. The van der Waals surface area contributed by atoms with Gasteiger partial charge in [0.1, 0.15) is 11.9 Å². The number of carboxylic acid groups (broad SMARTS) is 1. The Bertz CT molecular complexity index is 1150. The third-order valence-corrected chi connectivity index (χ3v) is 6.94. The standard InChI is InChI=1S/C28H35N3O3/c1-18(2)15-23(28(33)34)30-27(32)21-13-14-25-22(17-21)29-26(16-20-10-5-4-6-11-20)31(25)24-12-8-7-9-19(24)3/h4-6,10-11,13-14,17-19,23-24H,7-9,12,15-16H2,1-3H3,(H,30,32)(H,33,34). The quantitative estimate of drug-likeness (QED) is 0.457. The molecule has 34 heavy (non-hydrogen) atoms. The Labute approximate surface area is 201 Å². The van der Waals surface area contributed by atoms with Gasteiger partial charge in [-0.2, -0.15) is 0 Å². The second-order valence-electron chi connectivity index (χ2n) is 10.1. The Kier molecular flexibility index (Phi) is 7.35. The lowest BCUT2D eigenvalue weighted by Crippen LogP contribution is -2.41. The number of benzene rings is 2. The van der Waals surface area contributed by atoms with Gasteiger partial charge < -0.3 is 15.0 Å². The van der Waals surface area contributed by atoms with E-state index >= 15 is 0 Å². The van der Waals surface area contributed by atoms with Crippen LogP contribution in [-0.2, 0) is 11.2 Å². The Morgan fingerprint density at radius 1 is 1.12 bits per heavy atom. The number of carbonyl (C=O) groups excluding carboxylic acids is 1. The summed E-state index contributed by atoms with van der Waals surface area (Å²) < 4.78 is 2.40. The predicted octanol–water partition coefficient (Wildman–Crippen LogP) is 5.61. The molecule has 3 atom stereocenters. The highest BCUT2D eigenvalue weighted by Crippen LogP contribution is 2.37. The minimum atomic E-state index is -1.01. The molecule has 2 aromatic carbocycles. The van der Waals surface area contributed by atoms with Gasteiger partial charge in [-0.05, 0) is 54.9 Å². The van der Waals surface area contributed by atoms with Crippen molar-refractivity contribution in [3.63, 3.8) is 0 Å². The third-order valence-electron chi connectivity index (χ3n) is 6.94. The van der Waals surface area contributed by atoms with Crippen LogP contribution in [0.1, 0.15) is 80.7 Å². The van der Waals surface area contributed by atoms with Gasteiger partial charge in [0.25, 0.3) is 5.91 Å². The maximum Gasteiger partial charge on any atom is 0.326 e. The summed E-state index contributed by atoms with van der Waals surface area (Å²) in [6.45, 7) is 6.22. The van der Waals surface area contributed by atoms with E-state index in [0.717, 1.165) is 29.7 Å². The number of hydrogen-bond acceptors (Lipinski definition) is 3. The van der Waals surface area contributed by atoms with Crippen LogP contribution < -0.4 is 5.32 Å². The van der Waals surface area contributed by atoms with E-state index in [2.05, 4.69) is 28.9 Å². The summed E-state index contributed by atoms with van der Waals surface area (Å²) in [5.74, 6) is 0.360. The molecular weight excluding hydrogens is 426 g/mol. The van der Waals surface area contributed by atoms with Crippen molar-refractivity contribution < 1.29 is 14.7 Å². The van der Waals surface area contributed by atoms with Crippen molar-refractivity contribution in [2.24, 2.45) is 11.8 Å². The second-order valence-corrected chi connectivity index (χ2v) is 10.1. The molecule has 0 saturated heterocycles. The molecule has 0 aliphatic heterocycles. The van der Waals surface area contributed by atoms with Crippen LogP contribution in [-0.4, -0.2) is 32.6 Å². The summed E-state index contributed by atoms with van der Waals surface area (Å²) in [6.07, 6.45) is 5.94. The van der Waals surface area contributed by atoms with Crippen molar-refractivity contribution in [2.75, 3.05) is 0 Å². The highest BCUT2D eigenvalue weighted by Gasteiger charge is 2.28. The first-order chi connectivity index (χ1) is 16.3. The molecule has 1 aliphatic carbocycles. The van der Waals surface area contributed by atoms with Gasteiger partial charge in [-0.25, -0.2) is 9.78 Å². The smallest absolute Gasteiger partial charge is 0.326 e. The van der Waals surface area contributed by atoms with Gasteiger partial charge in [-0.1, -0.05) is 63.9 Å². The monoisotopic (exact) mass is 461 g/mol. The molecule has 2 N–H and O–H groups in total. The number of nitrogens with one attached hydrogen (secondary N) is 1. The Balaban J connectivity index is 1.69. The van der Waals surface area contributed by atoms with Crippen molar-refractivity contribution >= 4 is 22.9 Å². The zero-order chi connectivity index (χ0) is 24.2. The fraction of sp³-hybridized carbons (Fsp3) is 0.464. The Hall–Kier alpha value is -3.15. The van der Waals surface area contributed by atoms with E-state index < -0.39 is 12.0 Å². The summed E-state index contributed by atoms with van der Waals surface area (Å²) in [5, 5.41) is 12.2. The van der Waals surface area contributed by atoms with Crippen LogP contribution in [0.2, 0.25) is 0 Å². The van der Waals surface area contributed by atoms with E-state index in [9.17, 15) is 14.7 Å². The molecule has 0 spiro atoms. The molecule has 1 saturated carbocycles. The number of aliphatic carboxylic acids is 1. The summed E-state index contributed by atoms with van der Waals surface area (Å²) >= 11 is 0. The van der Waals surface area contributed by atoms with Gasteiger partial charge in [0.2, 0.25) is 0 Å². The number of aromatic nitrogens is 2. The largest absolute Gasteiger partial charge is 0.480 e. The molecule has 1 aromatic heterocycles. The van der Waals surface area contributed by atoms with E-state index in [1.165, 1.54) is 24.8 Å². The van der Waals surface area contributed by atoms with Crippen LogP contribution in [0.15, 0.2) is 48.5 Å². The van der Waals surface area contributed by atoms with Crippen LogP contribution >= 0.6 is 0 Å². The lowest BCUT2D eigenvalue weighted by atomic mass is 9.85. The zero-order valence-corrected chi connectivity index (χ0v) is 20.3. The van der Waals surface area contributed by atoms with Crippen LogP contribution in [0, 0.1) is 11.8 Å².